The first-order valence-electron chi connectivity index (χ1n) is 7.20. The van der Waals surface area contributed by atoms with Crippen LogP contribution in [0.15, 0.2) is 0 Å². The van der Waals surface area contributed by atoms with Gasteiger partial charge in [0.25, 0.3) is 0 Å². The van der Waals surface area contributed by atoms with Gasteiger partial charge in [-0.1, -0.05) is 13.3 Å². The molecule has 1 aliphatic rings. The summed E-state index contributed by atoms with van der Waals surface area (Å²) in [6.07, 6.45) is 1.98. The molecule has 0 spiro atoms. The van der Waals surface area contributed by atoms with Gasteiger partial charge in [-0.3, -0.25) is 4.90 Å². The number of hydrogen-bond donors (Lipinski definition) is 3. The van der Waals surface area contributed by atoms with Crippen molar-refractivity contribution in [3.05, 3.63) is 0 Å². The maximum absolute atomic E-state index is 12.1. The standard InChI is InChI=1S/C13H25N3O4/c1-2-4-11(12(18)19)14-13(20)16-6-3-5-15(7-8-16)9-10-17/h11,17H,2-10H2,1H3,(H,14,20)(H,18,19). The highest BCUT2D eigenvalue weighted by Crippen LogP contribution is 2.05. The van der Waals surface area contributed by atoms with Crippen LogP contribution < -0.4 is 5.32 Å². The van der Waals surface area contributed by atoms with Crippen molar-refractivity contribution in [2.75, 3.05) is 39.3 Å². The number of nitrogens with zero attached hydrogens (tertiary/aromatic N) is 2. The van der Waals surface area contributed by atoms with Gasteiger partial charge in [0, 0.05) is 26.2 Å². The zero-order chi connectivity index (χ0) is 15.0. The van der Waals surface area contributed by atoms with Crippen LogP contribution in [0.4, 0.5) is 4.79 Å². The van der Waals surface area contributed by atoms with E-state index in [0.717, 1.165) is 13.0 Å². The van der Waals surface area contributed by atoms with Crippen LogP contribution >= 0.6 is 0 Å². The summed E-state index contributed by atoms with van der Waals surface area (Å²) in [7, 11) is 0. The maximum Gasteiger partial charge on any atom is 0.326 e. The molecule has 1 unspecified atom stereocenters. The average Bonchev–Trinajstić information content (AvgIpc) is 2.64. The van der Waals surface area contributed by atoms with E-state index in [-0.39, 0.29) is 12.6 Å². The number of aliphatic hydroxyl groups excluding tert-OH is 1. The first-order valence-corrected chi connectivity index (χ1v) is 7.20. The van der Waals surface area contributed by atoms with Crippen molar-refractivity contribution in [1.82, 2.24) is 15.1 Å². The second kappa shape index (κ2) is 8.76. The molecule has 0 aromatic rings. The number of carboxylic acids is 1. The Kier molecular flexibility index (Phi) is 7.32. The Bertz CT molecular complexity index is 325. The smallest absolute Gasteiger partial charge is 0.326 e. The van der Waals surface area contributed by atoms with E-state index in [0.29, 0.717) is 39.0 Å². The lowest BCUT2D eigenvalue weighted by atomic mass is 10.2. The predicted molar refractivity (Wildman–Crippen MR) is 74.6 cm³/mol. The Balaban J connectivity index is 2.48. The highest BCUT2D eigenvalue weighted by Gasteiger charge is 2.24. The van der Waals surface area contributed by atoms with Gasteiger partial charge in [-0.05, 0) is 19.4 Å². The third-order valence-electron chi connectivity index (χ3n) is 3.47. The van der Waals surface area contributed by atoms with Crippen molar-refractivity contribution < 1.29 is 19.8 Å². The van der Waals surface area contributed by atoms with Crippen LogP contribution in [0.1, 0.15) is 26.2 Å². The number of carbonyl (C=O) groups is 2. The lowest BCUT2D eigenvalue weighted by Gasteiger charge is -2.24. The van der Waals surface area contributed by atoms with Crippen molar-refractivity contribution in [3.63, 3.8) is 0 Å². The van der Waals surface area contributed by atoms with Crippen molar-refractivity contribution in [3.8, 4) is 0 Å². The molecule has 0 aromatic heterocycles. The Morgan fingerprint density at radius 1 is 1.25 bits per heavy atom. The van der Waals surface area contributed by atoms with Crippen LogP contribution in [0.3, 0.4) is 0 Å². The van der Waals surface area contributed by atoms with E-state index in [4.69, 9.17) is 10.2 Å². The number of urea groups is 1. The van der Waals surface area contributed by atoms with E-state index < -0.39 is 12.0 Å². The van der Waals surface area contributed by atoms with Gasteiger partial charge in [0.2, 0.25) is 0 Å². The van der Waals surface area contributed by atoms with Gasteiger partial charge < -0.3 is 20.4 Å². The number of β-amino-alcohol motifs (C(OH)–C–C–N with tert-alkyl or cyclic N) is 1. The van der Waals surface area contributed by atoms with E-state index >= 15 is 0 Å². The van der Waals surface area contributed by atoms with Crippen molar-refractivity contribution in [1.29, 1.82) is 0 Å². The number of carbonyl (C=O) groups excluding carboxylic acids is 1. The maximum atomic E-state index is 12.1. The van der Waals surface area contributed by atoms with Crippen molar-refractivity contribution in [2.24, 2.45) is 0 Å². The summed E-state index contributed by atoms with van der Waals surface area (Å²) >= 11 is 0. The van der Waals surface area contributed by atoms with Crippen molar-refractivity contribution in [2.45, 2.75) is 32.2 Å². The fourth-order valence-corrected chi connectivity index (χ4v) is 2.33. The molecule has 3 N–H and O–H groups in total. The predicted octanol–water partition coefficient (Wildman–Crippen LogP) is -0.0507. The van der Waals surface area contributed by atoms with Crippen LogP contribution in [-0.4, -0.2) is 77.4 Å². The Hall–Kier alpha value is -1.34. The second-order valence-electron chi connectivity index (χ2n) is 5.03. The van der Waals surface area contributed by atoms with Crippen molar-refractivity contribution >= 4 is 12.0 Å². The zero-order valence-corrected chi connectivity index (χ0v) is 12.0. The average molecular weight is 287 g/mol. The molecule has 7 heteroatoms. The quantitative estimate of drug-likeness (QED) is 0.637. The molecule has 0 radical (unpaired) electrons. The minimum absolute atomic E-state index is 0.115. The van der Waals surface area contributed by atoms with Gasteiger partial charge >= 0.3 is 12.0 Å². The number of rotatable bonds is 6. The summed E-state index contributed by atoms with van der Waals surface area (Å²) in [4.78, 5) is 26.9. The molecule has 1 saturated heterocycles. The highest BCUT2D eigenvalue weighted by atomic mass is 16.4. The lowest BCUT2D eigenvalue weighted by Crippen LogP contribution is -2.48. The molecule has 116 valence electrons. The van der Waals surface area contributed by atoms with E-state index in [1.807, 2.05) is 6.92 Å². The van der Waals surface area contributed by atoms with Gasteiger partial charge in [0.15, 0.2) is 0 Å². The Labute approximate surface area is 119 Å². The number of aliphatic carboxylic acids is 1. The second-order valence-corrected chi connectivity index (χ2v) is 5.03. The monoisotopic (exact) mass is 287 g/mol. The molecular weight excluding hydrogens is 262 g/mol. The van der Waals surface area contributed by atoms with Gasteiger partial charge in [-0.15, -0.1) is 0 Å². The third-order valence-corrected chi connectivity index (χ3v) is 3.47. The van der Waals surface area contributed by atoms with E-state index in [9.17, 15) is 9.59 Å². The molecule has 1 rings (SSSR count). The molecule has 7 nitrogen and oxygen atoms in total. The van der Waals surface area contributed by atoms with Gasteiger partial charge in [0.1, 0.15) is 6.04 Å². The molecule has 1 fully saturated rings. The first kappa shape index (κ1) is 16.7. The number of hydrogen-bond acceptors (Lipinski definition) is 4. The number of carboxylic acid groups (broad SMARTS) is 1. The van der Waals surface area contributed by atoms with Crippen LogP contribution in [0.25, 0.3) is 0 Å². The summed E-state index contributed by atoms with van der Waals surface area (Å²) in [5, 5.41) is 20.6. The molecular formula is C13H25N3O4. The molecule has 0 aromatic carbocycles. The fourth-order valence-electron chi connectivity index (χ4n) is 2.33. The summed E-state index contributed by atoms with van der Waals surface area (Å²) in [6.45, 7) is 5.35. The molecule has 1 heterocycles. The van der Waals surface area contributed by atoms with Gasteiger partial charge in [0.05, 0.1) is 6.61 Å². The molecule has 20 heavy (non-hydrogen) atoms. The summed E-state index contributed by atoms with van der Waals surface area (Å²) in [5.41, 5.74) is 0. The highest BCUT2D eigenvalue weighted by molar-refractivity contribution is 5.82. The molecule has 2 amide bonds. The van der Waals surface area contributed by atoms with E-state index in [1.165, 1.54) is 0 Å². The first-order chi connectivity index (χ1) is 9.58. The van der Waals surface area contributed by atoms with Gasteiger partial charge in [-0.25, -0.2) is 9.59 Å². The zero-order valence-electron chi connectivity index (χ0n) is 12.0. The number of amides is 2. The minimum atomic E-state index is -0.989. The molecule has 1 aliphatic heterocycles. The largest absolute Gasteiger partial charge is 0.480 e. The molecule has 0 aliphatic carbocycles. The van der Waals surface area contributed by atoms with Crippen LogP contribution in [0.2, 0.25) is 0 Å². The lowest BCUT2D eigenvalue weighted by molar-refractivity contribution is -0.139. The summed E-state index contributed by atoms with van der Waals surface area (Å²) in [6, 6.07) is -1.12. The minimum Gasteiger partial charge on any atom is -0.480 e. The fraction of sp³-hybridized carbons (Fsp3) is 0.846. The van der Waals surface area contributed by atoms with Crippen LogP contribution in [0, 0.1) is 0 Å². The SMILES string of the molecule is CCCC(NC(=O)N1CCCN(CCO)CC1)C(=O)O. The number of aliphatic hydroxyl groups is 1. The summed E-state index contributed by atoms with van der Waals surface area (Å²) < 4.78 is 0. The molecule has 0 saturated carbocycles. The normalized spacial score (nSPS) is 18.4. The van der Waals surface area contributed by atoms with Gasteiger partial charge in [-0.2, -0.15) is 0 Å². The van der Waals surface area contributed by atoms with Crippen LogP contribution in [-0.2, 0) is 4.79 Å². The Morgan fingerprint density at radius 3 is 2.60 bits per heavy atom. The molecule has 1 atom stereocenters. The van der Waals surface area contributed by atoms with E-state index in [2.05, 4.69) is 10.2 Å². The third kappa shape index (κ3) is 5.34. The topological polar surface area (TPSA) is 93.1 Å². The van der Waals surface area contributed by atoms with E-state index in [1.54, 1.807) is 4.90 Å². The molecule has 0 bridgehead atoms. The number of nitrogens with one attached hydrogen (secondary N) is 1. The Morgan fingerprint density at radius 2 is 2.00 bits per heavy atom. The summed E-state index contributed by atoms with van der Waals surface area (Å²) in [5.74, 6) is -0.989. The van der Waals surface area contributed by atoms with Crippen LogP contribution in [0.5, 0.6) is 0 Å².